The normalized spacial score (nSPS) is 10.9. The van der Waals surface area contributed by atoms with E-state index in [0.29, 0.717) is 0 Å². The van der Waals surface area contributed by atoms with E-state index in [-0.39, 0.29) is 0 Å². The number of nitrogens with zero attached hydrogens (tertiary/aromatic N) is 3. The van der Waals surface area contributed by atoms with Crippen molar-refractivity contribution < 1.29 is 4.74 Å². The number of ether oxygens (including phenoxy) is 1. The number of benzene rings is 1. The summed E-state index contributed by atoms with van der Waals surface area (Å²) in [6.45, 7) is 8.17. The third-order valence-corrected chi connectivity index (χ3v) is 3.21. The second-order valence-electron chi connectivity index (χ2n) is 4.34. The highest BCUT2D eigenvalue weighted by molar-refractivity contribution is 5.37. The summed E-state index contributed by atoms with van der Waals surface area (Å²) in [5, 5.41) is 0. The van der Waals surface area contributed by atoms with Crippen molar-refractivity contribution in [2.75, 3.05) is 26.2 Å². The van der Waals surface area contributed by atoms with Crippen molar-refractivity contribution in [3.8, 4) is 11.4 Å². The molecule has 4 nitrogen and oxygen atoms in total. The average Bonchev–Trinajstić information content (AvgIpc) is 2.98. The fourth-order valence-electron chi connectivity index (χ4n) is 1.96. The number of aromatic nitrogens is 2. The van der Waals surface area contributed by atoms with Crippen LogP contribution in [-0.2, 0) is 0 Å². The molecule has 0 saturated carbocycles. The average molecular weight is 259 g/mol. The molecule has 0 N–H and O–H groups in total. The van der Waals surface area contributed by atoms with Crippen LogP contribution in [0, 0.1) is 0 Å². The lowest BCUT2D eigenvalue weighted by atomic mass is 10.3. The third-order valence-electron chi connectivity index (χ3n) is 3.21. The van der Waals surface area contributed by atoms with Crippen LogP contribution in [0.2, 0.25) is 0 Å². The zero-order valence-electron chi connectivity index (χ0n) is 11.6. The quantitative estimate of drug-likeness (QED) is 0.765. The summed E-state index contributed by atoms with van der Waals surface area (Å²) in [5.41, 5.74) is 1.09. The Kier molecular flexibility index (Phi) is 4.98. The highest BCUT2D eigenvalue weighted by Crippen LogP contribution is 2.14. The molecule has 2 aromatic rings. The predicted molar refractivity (Wildman–Crippen MR) is 76.8 cm³/mol. The minimum atomic E-state index is 0.728. The third kappa shape index (κ3) is 3.83. The van der Waals surface area contributed by atoms with Crippen molar-refractivity contribution in [3.63, 3.8) is 0 Å². The smallest absolute Gasteiger partial charge is 0.119 e. The molecule has 19 heavy (non-hydrogen) atoms. The van der Waals surface area contributed by atoms with Crippen molar-refractivity contribution >= 4 is 0 Å². The van der Waals surface area contributed by atoms with Crippen molar-refractivity contribution in [2.45, 2.75) is 13.8 Å². The molecule has 0 aliphatic heterocycles. The minimum absolute atomic E-state index is 0.728. The fourth-order valence-corrected chi connectivity index (χ4v) is 1.96. The number of rotatable bonds is 7. The second kappa shape index (κ2) is 6.95. The molecule has 0 amide bonds. The molecule has 0 fully saturated rings. The second-order valence-corrected chi connectivity index (χ2v) is 4.34. The summed E-state index contributed by atoms with van der Waals surface area (Å²) in [6, 6.07) is 8.07. The maximum absolute atomic E-state index is 5.75. The van der Waals surface area contributed by atoms with E-state index in [4.69, 9.17) is 4.74 Å². The van der Waals surface area contributed by atoms with Crippen LogP contribution in [0.15, 0.2) is 43.0 Å². The molecule has 0 atom stereocenters. The maximum Gasteiger partial charge on any atom is 0.119 e. The fraction of sp³-hybridized carbons (Fsp3) is 0.400. The van der Waals surface area contributed by atoms with E-state index < -0.39 is 0 Å². The summed E-state index contributed by atoms with van der Waals surface area (Å²) < 4.78 is 7.72. The van der Waals surface area contributed by atoms with Gasteiger partial charge in [-0.3, -0.25) is 0 Å². The zero-order chi connectivity index (χ0) is 13.5. The van der Waals surface area contributed by atoms with Gasteiger partial charge in [-0.2, -0.15) is 0 Å². The monoisotopic (exact) mass is 259 g/mol. The highest BCUT2D eigenvalue weighted by atomic mass is 16.5. The first-order chi connectivity index (χ1) is 9.33. The Balaban J connectivity index is 1.85. The van der Waals surface area contributed by atoms with Gasteiger partial charge in [0.2, 0.25) is 0 Å². The topological polar surface area (TPSA) is 30.3 Å². The van der Waals surface area contributed by atoms with Crippen LogP contribution >= 0.6 is 0 Å². The Bertz CT molecular complexity index is 461. The lowest BCUT2D eigenvalue weighted by Gasteiger charge is -2.18. The number of likely N-dealkylation sites (N-methyl/N-ethyl adjacent to an activating group) is 1. The van der Waals surface area contributed by atoms with E-state index in [0.717, 1.165) is 37.7 Å². The lowest BCUT2D eigenvalue weighted by molar-refractivity contribution is 0.223. The Morgan fingerprint density at radius 2 is 1.89 bits per heavy atom. The van der Waals surface area contributed by atoms with Gasteiger partial charge in [-0.15, -0.1) is 0 Å². The van der Waals surface area contributed by atoms with Crippen LogP contribution in [0.25, 0.3) is 5.69 Å². The van der Waals surface area contributed by atoms with E-state index in [1.165, 1.54) is 0 Å². The van der Waals surface area contributed by atoms with Gasteiger partial charge in [0.15, 0.2) is 0 Å². The Morgan fingerprint density at radius 3 is 2.47 bits per heavy atom. The van der Waals surface area contributed by atoms with Crippen molar-refractivity contribution in [1.82, 2.24) is 14.5 Å². The van der Waals surface area contributed by atoms with Crippen LogP contribution < -0.4 is 4.74 Å². The molecule has 0 aliphatic carbocycles. The van der Waals surface area contributed by atoms with Gasteiger partial charge in [0, 0.05) is 24.6 Å². The van der Waals surface area contributed by atoms with Gasteiger partial charge in [-0.05, 0) is 37.4 Å². The van der Waals surface area contributed by atoms with Crippen LogP contribution in [0.4, 0.5) is 0 Å². The molecule has 2 rings (SSSR count). The Hall–Kier alpha value is -1.81. The number of imidazole rings is 1. The van der Waals surface area contributed by atoms with Crippen LogP contribution in [0.1, 0.15) is 13.8 Å². The summed E-state index contributed by atoms with van der Waals surface area (Å²) in [5.74, 6) is 0.913. The van der Waals surface area contributed by atoms with Gasteiger partial charge in [-0.25, -0.2) is 4.98 Å². The van der Waals surface area contributed by atoms with Crippen LogP contribution in [0.3, 0.4) is 0 Å². The molecule has 1 aromatic heterocycles. The van der Waals surface area contributed by atoms with E-state index in [9.17, 15) is 0 Å². The first-order valence-corrected chi connectivity index (χ1v) is 6.77. The number of hydrogen-bond donors (Lipinski definition) is 0. The predicted octanol–water partition coefficient (Wildman–Crippen LogP) is 2.59. The molecule has 4 heteroatoms. The molecule has 0 bridgehead atoms. The SMILES string of the molecule is CCN(CC)CCOc1ccc(-n2ccnc2)cc1. The molecule has 0 radical (unpaired) electrons. The van der Waals surface area contributed by atoms with Crippen molar-refractivity contribution in [3.05, 3.63) is 43.0 Å². The van der Waals surface area contributed by atoms with Gasteiger partial charge in [-0.1, -0.05) is 13.8 Å². The summed E-state index contributed by atoms with van der Waals surface area (Å²) >= 11 is 0. The summed E-state index contributed by atoms with van der Waals surface area (Å²) in [7, 11) is 0. The van der Waals surface area contributed by atoms with Crippen molar-refractivity contribution in [1.29, 1.82) is 0 Å². The van der Waals surface area contributed by atoms with Gasteiger partial charge in [0.05, 0.1) is 6.33 Å². The van der Waals surface area contributed by atoms with E-state index in [2.05, 4.69) is 23.7 Å². The van der Waals surface area contributed by atoms with E-state index in [1.54, 1.807) is 12.5 Å². The van der Waals surface area contributed by atoms with Gasteiger partial charge < -0.3 is 14.2 Å². The van der Waals surface area contributed by atoms with Gasteiger partial charge >= 0.3 is 0 Å². The standard InChI is InChI=1S/C15H21N3O/c1-3-17(4-2)11-12-19-15-7-5-14(6-8-15)18-10-9-16-13-18/h5-10,13H,3-4,11-12H2,1-2H3. The molecule has 0 saturated heterocycles. The summed E-state index contributed by atoms with van der Waals surface area (Å²) in [6.07, 6.45) is 5.49. The molecule has 0 aliphatic rings. The summed E-state index contributed by atoms with van der Waals surface area (Å²) in [4.78, 5) is 6.38. The lowest BCUT2D eigenvalue weighted by Crippen LogP contribution is -2.27. The molecule has 1 heterocycles. The molecular formula is C15H21N3O. The van der Waals surface area contributed by atoms with Gasteiger partial charge in [0.25, 0.3) is 0 Å². The maximum atomic E-state index is 5.75. The first kappa shape index (κ1) is 13.6. The molecule has 0 unspecified atom stereocenters. The Morgan fingerprint density at radius 1 is 1.16 bits per heavy atom. The largest absolute Gasteiger partial charge is 0.492 e. The number of hydrogen-bond acceptors (Lipinski definition) is 3. The minimum Gasteiger partial charge on any atom is -0.492 e. The molecule has 1 aromatic carbocycles. The van der Waals surface area contributed by atoms with Crippen LogP contribution in [0.5, 0.6) is 5.75 Å². The zero-order valence-corrected chi connectivity index (χ0v) is 11.6. The van der Waals surface area contributed by atoms with Gasteiger partial charge in [0.1, 0.15) is 12.4 Å². The van der Waals surface area contributed by atoms with Crippen molar-refractivity contribution in [2.24, 2.45) is 0 Å². The molecule has 102 valence electrons. The molecule has 0 spiro atoms. The molecular weight excluding hydrogens is 238 g/mol. The highest BCUT2D eigenvalue weighted by Gasteiger charge is 2.00. The first-order valence-electron chi connectivity index (χ1n) is 6.77. The van der Waals surface area contributed by atoms with Crippen LogP contribution in [-0.4, -0.2) is 40.7 Å². The Labute approximate surface area is 114 Å². The van der Waals surface area contributed by atoms with E-state index >= 15 is 0 Å². The van der Waals surface area contributed by atoms with E-state index in [1.807, 2.05) is 35.0 Å².